The molecule has 1 amide bonds. The highest BCUT2D eigenvalue weighted by Gasteiger charge is 2.33. The fourth-order valence-electron chi connectivity index (χ4n) is 4.19. The summed E-state index contributed by atoms with van der Waals surface area (Å²) in [6, 6.07) is 23.1. The fraction of sp³-hybridized carbons (Fsp3) is 0.200. The van der Waals surface area contributed by atoms with Gasteiger partial charge in [-0.3, -0.25) is 9.10 Å². The third-order valence-corrected chi connectivity index (χ3v) is 8.89. The van der Waals surface area contributed by atoms with Crippen LogP contribution in [0.1, 0.15) is 34.2 Å². The Kier molecular flexibility index (Phi) is 5.64. The number of hydrogen-bond acceptors (Lipinski definition) is 5. The Balaban J connectivity index is 1.44. The topological polar surface area (TPSA) is 70.6 Å². The molecule has 1 aliphatic heterocycles. The molecule has 0 radical (unpaired) electrons. The number of fused-ring (bicyclic) bond motifs is 1. The molecule has 0 aliphatic carbocycles. The van der Waals surface area contributed by atoms with Gasteiger partial charge in [0.2, 0.25) is 0 Å². The summed E-state index contributed by atoms with van der Waals surface area (Å²) < 4.78 is 28.7. The van der Waals surface area contributed by atoms with Gasteiger partial charge in [-0.15, -0.1) is 11.3 Å². The van der Waals surface area contributed by atoms with Gasteiger partial charge >= 0.3 is 0 Å². The van der Waals surface area contributed by atoms with Crippen molar-refractivity contribution in [3.05, 3.63) is 89.4 Å². The van der Waals surface area contributed by atoms with E-state index in [-0.39, 0.29) is 16.8 Å². The second-order valence-electron chi connectivity index (χ2n) is 8.01. The number of carbonyl (C=O) groups excluding carboxylic acids is 1. The van der Waals surface area contributed by atoms with Crippen molar-refractivity contribution in [1.29, 1.82) is 0 Å². The van der Waals surface area contributed by atoms with Crippen molar-refractivity contribution in [2.24, 2.45) is 0 Å². The summed E-state index contributed by atoms with van der Waals surface area (Å²) in [6.45, 7) is 0.625. The first-order chi connectivity index (χ1) is 15.9. The molecule has 5 rings (SSSR count). The molecule has 33 heavy (non-hydrogen) atoms. The van der Waals surface area contributed by atoms with Gasteiger partial charge in [-0.1, -0.05) is 36.4 Å². The molecule has 1 aliphatic rings. The van der Waals surface area contributed by atoms with E-state index in [9.17, 15) is 13.2 Å². The van der Waals surface area contributed by atoms with Crippen LogP contribution < -0.4 is 4.31 Å². The van der Waals surface area contributed by atoms with E-state index in [1.807, 2.05) is 35.2 Å². The summed E-state index contributed by atoms with van der Waals surface area (Å²) in [4.78, 5) is 20.1. The maximum absolute atomic E-state index is 13.5. The normalized spacial score (nSPS) is 16.3. The number of para-hydroxylation sites is 2. The first-order valence-corrected chi connectivity index (χ1v) is 13.0. The van der Waals surface area contributed by atoms with Crippen LogP contribution in [-0.2, 0) is 10.0 Å². The van der Waals surface area contributed by atoms with Crippen molar-refractivity contribution < 1.29 is 13.2 Å². The number of likely N-dealkylation sites (tertiary alicyclic amines) is 1. The average molecular weight is 478 g/mol. The van der Waals surface area contributed by atoms with Gasteiger partial charge in [0.15, 0.2) is 0 Å². The molecule has 6 nitrogen and oxygen atoms in total. The lowest BCUT2D eigenvalue weighted by Gasteiger charge is -2.24. The molecule has 1 saturated heterocycles. The van der Waals surface area contributed by atoms with Crippen LogP contribution in [0.25, 0.3) is 10.2 Å². The number of rotatable bonds is 5. The third-order valence-electron chi connectivity index (χ3n) is 5.97. The number of nitrogens with zero attached hydrogens (tertiary/aromatic N) is 3. The number of carbonyl (C=O) groups is 1. The average Bonchev–Trinajstić information content (AvgIpc) is 3.50. The smallest absolute Gasteiger partial charge is 0.264 e. The molecule has 1 fully saturated rings. The molecule has 0 saturated carbocycles. The molecule has 0 spiro atoms. The first-order valence-electron chi connectivity index (χ1n) is 10.8. The number of anilines is 1. The Labute approximate surface area is 197 Å². The largest absolute Gasteiger partial charge is 0.329 e. The summed E-state index contributed by atoms with van der Waals surface area (Å²) in [7, 11) is -2.29. The van der Waals surface area contributed by atoms with Crippen molar-refractivity contribution in [2.75, 3.05) is 17.9 Å². The van der Waals surface area contributed by atoms with E-state index in [2.05, 4.69) is 0 Å². The molecule has 168 valence electrons. The van der Waals surface area contributed by atoms with E-state index in [1.165, 1.54) is 23.5 Å². The summed E-state index contributed by atoms with van der Waals surface area (Å²) >= 11 is 1.61. The van der Waals surface area contributed by atoms with Crippen molar-refractivity contribution >= 4 is 43.2 Å². The molecular weight excluding hydrogens is 454 g/mol. The van der Waals surface area contributed by atoms with E-state index in [1.54, 1.807) is 47.7 Å². The minimum atomic E-state index is -3.80. The monoisotopic (exact) mass is 477 g/mol. The third kappa shape index (κ3) is 4.00. The summed E-state index contributed by atoms with van der Waals surface area (Å²) in [5.41, 5.74) is 1.86. The van der Waals surface area contributed by atoms with Gasteiger partial charge in [0.1, 0.15) is 5.01 Å². The minimum absolute atomic E-state index is 0.0930. The minimum Gasteiger partial charge on any atom is -0.329 e. The highest BCUT2D eigenvalue weighted by Crippen LogP contribution is 2.37. The maximum Gasteiger partial charge on any atom is 0.264 e. The Morgan fingerprint density at radius 1 is 1.03 bits per heavy atom. The Hall–Kier alpha value is -3.23. The van der Waals surface area contributed by atoms with Gasteiger partial charge in [0.25, 0.3) is 15.9 Å². The lowest BCUT2D eigenvalue weighted by Crippen LogP contribution is -2.31. The second kappa shape index (κ2) is 8.61. The number of benzene rings is 3. The number of aromatic nitrogens is 1. The Morgan fingerprint density at radius 2 is 1.79 bits per heavy atom. The fourth-order valence-corrected chi connectivity index (χ4v) is 6.55. The first kappa shape index (κ1) is 21.6. The zero-order chi connectivity index (χ0) is 23.0. The van der Waals surface area contributed by atoms with E-state index in [0.717, 1.165) is 28.1 Å². The molecule has 8 heteroatoms. The van der Waals surface area contributed by atoms with Gasteiger partial charge in [-0.25, -0.2) is 13.4 Å². The number of amides is 1. The second-order valence-corrected chi connectivity index (χ2v) is 11.0. The van der Waals surface area contributed by atoms with E-state index < -0.39 is 10.0 Å². The molecule has 4 aromatic rings. The zero-order valence-corrected chi connectivity index (χ0v) is 19.7. The molecule has 1 aromatic heterocycles. The zero-order valence-electron chi connectivity index (χ0n) is 18.1. The number of thiazole rings is 1. The van der Waals surface area contributed by atoms with Crippen LogP contribution in [0.4, 0.5) is 5.69 Å². The van der Waals surface area contributed by atoms with Crippen molar-refractivity contribution in [3.63, 3.8) is 0 Å². The van der Waals surface area contributed by atoms with E-state index in [4.69, 9.17) is 4.98 Å². The molecular formula is C25H23N3O3S2. The molecule has 3 aromatic carbocycles. The summed E-state index contributed by atoms with van der Waals surface area (Å²) in [5, 5.41) is 0.926. The maximum atomic E-state index is 13.5. The lowest BCUT2D eigenvalue weighted by atomic mass is 10.1. The summed E-state index contributed by atoms with van der Waals surface area (Å²) in [5.74, 6) is -0.170. The van der Waals surface area contributed by atoms with E-state index in [0.29, 0.717) is 17.8 Å². The van der Waals surface area contributed by atoms with Gasteiger partial charge in [-0.05, 0) is 55.3 Å². The van der Waals surface area contributed by atoms with Gasteiger partial charge in [0.05, 0.1) is 26.8 Å². The number of sulfonamides is 1. The standard InChI is InChI=1S/C25H23N3O3S2/c1-27(19-10-3-2-4-11-19)33(30,31)20-12-7-9-18(17-20)25(29)28-16-8-14-22(28)24-26-21-13-5-6-15-23(21)32-24/h2-7,9-13,15,17,22H,8,14,16H2,1H3. The SMILES string of the molecule is CN(c1ccccc1)S(=O)(=O)c1cccc(C(=O)N2CCCC2c2nc3ccccc3s2)c1. The van der Waals surface area contributed by atoms with Crippen LogP contribution in [0.15, 0.2) is 83.8 Å². The highest BCUT2D eigenvalue weighted by molar-refractivity contribution is 7.92. The molecule has 1 unspecified atom stereocenters. The molecule has 0 N–H and O–H groups in total. The van der Waals surface area contributed by atoms with Crippen LogP contribution in [0.3, 0.4) is 0 Å². The Bertz CT molecular complexity index is 1380. The van der Waals surface area contributed by atoms with Crippen molar-refractivity contribution in [3.8, 4) is 0 Å². The van der Waals surface area contributed by atoms with Gasteiger partial charge in [-0.2, -0.15) is 0 Å². The van der Waals surface area contributed by atoms with Crippen LogP contribution in [-0.4, -0.2) is 37.8 Å². The lowest BCUT2D eigenvalue weighted by molar-refractivity contribution is 0.0735. The quantitative estimate of drug-likeness (QED) is 0.401. The van der Waals surface area contributed by atoms with E-state index >= 15 is 0 Å². The highest BCUT2D eigenvalue weighted by atomic mass is 32.2. The van der Waals surface area contributed by atoms with Crippen LogP contribution in [0.5, 0.6) is 0 Å². The van der Waals surface area contributed by atoms with Gasteiger partial charge in [0, 0.05) is 19.2 Å². The van der Waals surface area contributed by atoms with Crippen LogP contribution >= 0.6 is 11.3 Å². The van der Waals surface area contributed by atoms with Crippen molar-refractivity contribution in [1.82, 2.24) is 9.88 Å². The molecule has 1 atom stereocenters. The van der Waals surface area contributed by atoms with Crippen LogP contribution in [0.2, 0.25) is 0 Å². The molecule has 0 bridgehead atoms. The number of hydrogen-bond donors (Lipinski definition) is 0. The predicted octanol–water partition coefficient (Wildman–Crippen LogP) is 5.10. The van der Waals surface area contributed by atoms with Gasteiger partial charge < -0.3 is 4.90 Å². The molecule has 2 heterocycles. The predicted molar refractivity (Wildman–Crippen MR) is 131 cm³/mol. The van der Waals surface area contributed by atoms with Crippen LogP contribution in [0, 0.1) is 0 Å². The summed E-state index contributed by atoms with van der Waals surface area (Å²) in [6.07, 6.45) is 1.74. The Morgan fingerprint density at radius 3 is 2.58 bits per heavy atom. The van der Waals surface area contributed by atoms with Crippen molar-refractivity contribution in [2.45, 2.75) is 23.8 Å².